The van der Waals surface area contributed by atoms with Crippen LogP contribution in [0.15, 0.2) is 23.1 Å². The van der Waals surface area contributed by atoms with Gasteiger partial charge in [0, 0.05) is 18.8 Å². The van der Waals surface area contributed by atoms with E-state index in [1.165, 1.54) is 6.07 Å². The van der Waals surface area contributed by atoms with Gasteiger partial charge in [0.15, 0.2) is 0 Å². The highest BCUT2D eigenvalue weighted by molar-refractivity contribution is 7.89. The maximum atomic E-state index is 11.5. The molecule has 1 aromatic rings. The molecule has 0 aliphatic carbocycles. The van der Waals surface area contributed by atoms with Crippen molar-refractivity contribution in [3.05, 3.63) is 18.2 Å². The minimum Gasteiger partial charge on any atom is -0.399 e. The summed E-state index contributed by atoms with van der Waals surface area (Å²) in [5.74, 6) is 0. The number of primary sulfonamides is 1. The lowest BCUT2D eigenvalue weighted by Gasteiger charge is -2.20. The van der Waals surface area contributed by atoms with Crippen LogP contribution in [0.3, 0.4) is 0 Å². The number of nitrogens with one attached hydrogen (secondary N) is 1. The van der Waals surface area contributed by atoms with Gasteiger partial charge in [0.25, 0.3) is 0 Å². The number of rotatable bonds is 8. The number of hydrogen-bond acceptors (Lipinski definition) is 5. The molecule has 0 aromatic heterocycles. The molecule has 7 heteroatoms. The molecule has 0 amide bonds. The number of likely N-dealkylation sites (N-methyl/N-ethyl adjacent to an activating group) is 1. The van der Waals surface area contributed by atoms with E-state index in [0.29, 0.717) is 17.9 Å². The third kappa shape index (κ3) is 4.99. The molecule has 0 radical (unpaired) electrons. The van der Waals surface area contributed by atoms with Crippen molar-refractivity contribution in [2.24, 2.45) is 5.14 Å². The summed E-state index contributed by atoms with van der Waals surface area (Å²) >= 11 is 0. The van der Waals surface area contributed by atoms with Crippen LogP contribution >= 0.6 is 0 Å². The van der Waals surface area contributed by atoms with Crippen LogP contribution in [-0.2, 0) is 10.0 Å². The number of sulfonamides is 1. The van der Waals surface area contributed by atoms with Crippen molar-refractivity contribution >= 4 is 21.4 Å². The fourth-order valence-electron chi connectivity index (χ4n) is 2.01. The maximum Gasteiger partial charge on any atom is 0.240 e. The molecule has 0 saturated heterocycles. The van der Waals surface area contributed by atoms with Crippen molar-refractivity contribution in [1.29, 1.82) is 0 Å². The van der Waals surface area contributed by atoms with Gasteiger partial charge in [0.2, 0.25) is 10.0 Å². The zero-order valence-electron chi connectivity index (χ0n) is 12.1. The lowest BCUT2D eigenvalue weighted by molar-refractivity contribution is 0.300. The van der Waals surface area contributed by atoms with Crippen LogP contribution in [-0.4, -0.2) is 39.5 Å². The van der Waals surface area contributed by atoms with Gasteiger partial charge in [-0.2, -0.15) is 0 Å². The number of benzene rings is 1. The van der Waals surface area contributed by atoms with E-state index in [9.17, 15) is 8.42 Å². The van der Waals surface area contributed by atoms with E-state index in [2.05, 4.69) is 24.1 Å². The fourth-order valence-corrected chi connectivity index (χ4v) is 2.76. The van der Waals surface area contributed by atoms with Crippen LogP contribution in [0.25, 0.3) is 0 Å². The van der Waals surface area contributed by atoms with E-state index < -0.39 is 10.0 Å². The van der Waals surface area contributed by atoms with Gasteiger partial charge in [-0.05, 0) is 37.7 Å². The Morgan fingerprint density at radius 2 is 1.95 bits per heavy atom. The molecular weight excluding hydrogens is 276 g/mol. The Hall–Kier alpha value is -1.31. The first-order chi connectivity index (χ1) is 9.38. The second-order valence-corrected chi connectivity index (χ2v) is 6.19. The van der Waals surface area contributed by atoms with E-state index >= 15 is 0 Å². The van der Waals surface area contributed by atoms with Crippen LogP contribution in [0, 0.1) is 0 Å². The smallest absolute Gasteiger partial charge is 0.240 e. The first-order valence-corrected chi connectivity index (χ1v) is 8.31. The average Bonchev–Trinajstić information content (AvgIpc) is 2.38. The molecule has 0 saturated carbocycles. The monoisotopic (exact) mass is 300 g/mol. The second-order valence-electron chi connectivity index (χ2n) is 4.66. The van der Waals surface area contributed by atoms with E-state index in [1.807, 2.05) is 0 Å². The van der Waals surface area contributed by atoms with Crippen molar-refractivity contribution in [2.45, 2.75) is 25.2 Å². The van der Waals surface area contributed by atoms with Gasteiger partial charge in [-0.3, -0.25) is 0 Å². The molecule has 20 heavy (non-hydrogen) atoms. The normalized spacial score (nSPS) is 11.8. The molecule has 0 heterocycles. The molecule has 1 rings (SSSR count). The molecule has 0 bridgehead atoms. The van der Waals surface area contributed by atoms with Crippen LogP contribution in [0.4, 0.5) is 11.4 Å². The maximum absolute atomic E-state index is 11.5. The van der Waals surface area contributed by atoms with Gasteiger partial charge >= 0.3 is 0 Å². The Morgan fingerprint density at radius 3 is 2.50 bits per heavy atom. The lowest BCUT2D eigenvalue weighted by atomic mass is 10.3. The van der Waals surface area contributed by atoms with Crippen LogP contribution in [0.1, 0.15) is 20.3 Å². The van der Waals surface area contributed by atoms with Gasteiger partial charge in [-0.15, -0.1) is 0 Å². The summed E-state index contributed by atoms with van der Waals surface area (Å²) in [7, 11) is -3.78. The minimum atomic E-state index is -3.78. The zero-order valence-corrected chi connectivity index (χ0v) is 12.9. The fraction of sp³-hybridized carbons (Fsp3) is 0.538. The van der Waals surface area contributed by atoms with Crippen molar-refractivity contribution in [3.63, 3.8) is 0 Å². The summed E-state index contributed by atoms with van der Waals surface area (Å²) in [6, 6.07) is 4.67. The standard InChI is InChI=1S/C13H24N4O2S/c1-3-8-17(4-2)9-7-16-12-6-5-11(14)10-13(12)20(15,18)19/h5-6,10,16H,3-4,7-9,14H2,1-2H3,(H2,15,18,19). The van der Waals surface area contributed by atoms with E-state index in [0.717, 1.165) is 26.1 Å². The molecule has 5 N–H and O–H groups in total. The first kappa shape index (κ1) is 16.7. The predicted molar refractivity (Wildman–Crippen MR) is 83.1 cm³/mol. The van der Waals surface area contributed by atoms with Crippen molar-refractivity contribution < 1.29 is 8.42 Å². The summed E-state index contributed by atoms with van der Waals surface area (Å²) in [6.45, 7) is 7.74. The summed E-state index contributed by atoms with van der Waals surface area (Å²) in [5.41, 5.74) is 6.48. The van der Waals surface area contributed by atoms with E-state index in [4.69, 9.17) is 10.9 Å². The van der Waals surface area contributed by atoms with Gasteiger partial charge < -0.3 is 16.0 Å². The number of hydrogen-bond donors (Lipinski definition) is 3. The lowest BCUT2D eigenvalue weighted by Crippen LogP contribution is -2.30. The summed E-state index contributed by atoms with van der Waals surface area (Å²) in [6.07, 6.45) is 1.10. The molecular formula is C13H24N4O2S. The Balaban J connectivity index is 2.73. The van der Waals surface area contributed by atoms with Gasteiger partial charge in [-0.1, -0.05) is 13.8 Å². The van der Waals surface area contributed by atoms with E-state index in [-0.39, 0.29) is 4.90 Å². The molecule has 114 valence electrons. The molecule has 0 fully saturated rings. The minimum absolute atomic E-state index is 0.0380. The zero-order chi connectivity index (χ0) is 15.2. The summed E-state index contributed by atoms with van der Waals surface area (Å²) in [4.78, 5) is 2.33. The molecule has 0 atom stereocenters. The molecule has 0 aliphatic rings. The van der Waals surface area contributed by atoms with Crippen molar-refractivity contribution in [1.82, 2.24) is 4.90 Å². The summed E-state index contributed by atoms with van der Waals surface area (Å²) < 4.78 is 23.1. The third-order valence-corrected chi connectivity index (χ3v) is 3.99. The average molecular weight is 300 g/mol. The molecule has 0 unspecified atom stereocenters. The Kier molecular flexibility index (Phi) is 6.25. The third-order valence-electron chi connectivity index (χ3n) is 3.04. The number of nitrogens with two attached hydrogens (primary N) is 2. The topological polar surface area (TPSA) is 101 Å². The SMILES string of the molecule is CCCN(CC)CCNc1ccc(N)cc1S(N)(=O)=O. The molecule has 0 aliphatic heterocycles. The number of anilines is 2. The van der Waals surface area contributed by atoms with Crippen molar-refractivity contribution in [3.8, 4) is 0 Å². The van der Waals surface area contributed by atoms with Crippen molar-refractivity contribution in [2.75, 3.05) is 37.2 Å². The molecule has 6 nitrogen and oxygen atoms in total. The Morgan fingerprint density at radius 1 is 1.25 bits per heavy atom. The Bertz CT molecular complexity index is 531. The highest BCUT2D eigenvalue weighted by Gasteiger charge is 2.14. The van der Waals surface area contributed by atoms with E-state index in [1.54, 1.807) is 12.1 Å². The van der Waals surface area contributed by atoms with Gasteiger partial charge in [0.1, 0.15) is 4.90 Å². The predicted octanol–water partition coefficient (Wildman–Crippen LogP) is 1.06. The van der Waals surface area contributed by atoms with Crippen LogP contribution in [0.5, 0.6) is 0 Å². The highest BCUT2D eigenvalue weighted by atomic mass is 32.2. The molecule has 1 aromatic carbocycles. The number of nitrogens with zero attached hydrogens (tertiary/aromatic N) is 1. The summed E-state index contributed by atoms with van der Waals surface area (Å²) in [5, 5.41) is 8.31. The number of nitrogen functional groups attached to an aromatic ring is 1. The van der Waals surface area contributed by atoms with Crippen LogP contribution in [0.2, 0.25) is 0 Å². The largest absolute Gasteiger partial charge is 0.399 e. The second kappa shape index (κ2) is 7.47. The van der Waals surface area contributed by atoms with Gasteiger partial charge in [0.05, 0.1) is 5.69 Å². The Labute approximate surface area is 121 Å². The molecule has 0 spiro atoms. The van der Waals surface area contributed by atoms with Gasteiger partial charge in [-0.25, -0.2) is 13.6 Å². The first-order valence-electron chi connectivity index (χ1n) is 6.77. The highest BCUT2D eigenvalue weighted by Crippen LogP contribution is 2.22. The van der Waals surface area contributed by atoms with Crippen LogP contribution < -0.4 is 16.2 Å². The quantitative estimate of drug-likeness (QED) is 0.623.